The second-order valence-electron chi connectivity index (χ2n) is 4.93. The van der Waals surface area contributed by atoms with Crippen molar-refractivity contribution in [3.63, 3.8) is 0 Å². The molecule has 86 valence electrons. The molecule has 2 heteroatoms. The van der Waals surface area contributed by atoms with E-state index in [0.717, 1.165) is 22.4 Å². The van der Waals surface area contributed by atoms with Crippen LogP contribution < -0.4 is 4.74 Å². The third kappa shape index (κ3) is 1.85. The summed E-state index contributed by atoms with van der Waals surface area (Å²) in [5.74, 6) is 0.894. The van der Waals surface area contributed by atoms with Crippen LogP contribution in [0.3, 0.4) is 0 Å². The minimum absolute atomic E-state index is 0.269. The van der Waals surface area contributed by atoms with Gasteiger partial charge in [-0.25, -0.2) is 0 Å². The summed E-state index contributed by atoms with van der Waals surface area (Å²) in [5, 5.41) is 9.71. The van der Waals surface area contributed by atoms with Crippen LogP contribution in [0.2, 0.25) is 0 Å². The van der Waals surface area contributed by atoms with Gasteiger partial charge in [0.15, 0.2) is 0 Å². The Morgan fingerprint density at radius 2 is 2.00 bits per heavy atom. The lowest BCUT2D eigenvalue weighted by molar-refractivity contribution is 0.155. The van der Waals surface area contributed by atoms with Crippen LogP contribution in [0.15, 0.2) is 18.2 Å². The molecule has 2 nitrogen and oxygen atoms in total. The van der Waals surface area contributed by atoms with Gasteiger partial charge in [0, 0.05) is 5.56 Å². The predicted octanol–water partition coefficient (Wildman–Crippen LogP) is 3.23. The van der Waals surface area contributed by atoms with E-state index in [1.807, 2.05) is 45.1 Å². The zero-order chi connectivity index (χ0) is 11.9. The third-order valence-corrected chi connectivity index (χ3v) is 2.89. The lowest BCUT2D eigenvalue weighted by atomic mass is 9.94. The normalized spacial score (nSPS) is 18.8. The molecule has 0 bridgehead atoms. The van der Waals surface area contributed by atoms with Gasteiger partial charge >= 0.3 is 0 Å². The minimum Gasteiger partial charge on any atom is -0.483 e. The van der Waals surface area contributed by atoms with Crippen molar-refractivity contribution in [2.24, 2.45) is 0 Å². The highest BCUT2D eigenvalue weighted by Crippen LogP contribution is 2.37. The number of aliphatic hydroxyl groups is 1. The maximum atomic E-state index is 9.71. The Hall–Kier alpha value is -1.28. The monoisotopic (exact) mass is 218 g/mol. The molecule has 1 N–H and O–H groups in total. The van der Waals surface area contributed by atoms with E-state index in [4.69, 9.17) is 4.74 Å². The third-order valence-electron chi connectivity index (χ3n) is 2.89. The fraction of sp³-hybridized carbons (Fsp3) is 0.429. The molecule has 0 fully saturated rings. The van der Waals surface area contributed by atoms with Crippen molar-refractivity contribution in [2.75, 3.05) is 0 Å². The van der Waals surface area contributed by atoms with E-state index in [0.29, 0.717) is 0 Å². The highest BCUT2D eigenvalue weighted by atomic mass is 16.5. The van der Waals surface area contributed by atoms with Crippen LogP contribution in [-0.2, 0) is 0 Å². The molecule has 1 aromatic rings. The summed E-state index contributed by atoms with van der Waals surface area (Å²) >= 11 is 0. The zero-order valence-corrected chi connectivity index (χ0v) is 10.2. The zero-order valence-electron chi connectivity index (χ0n) is 10.2. The molecule has 16 heavy (non-hydrogen) atoms. The second-order valence-corrected chi connectivity index (χ2v) is 4.93. The Morgan fingerprint density at radius 1 is 1.31 bits per heavy atom. The van der Waals surface area contributed by atoms with Gasteiger partial charge in [0.2, 0.25) is 0 Å². The number of hydrogen-bond acceptors (Lipinski definition) is 2. The molecular weight excluding hydrogens is 200 g/mol. The van der Waals surface area contributed by atoms with Crippen molar-refractivity contribution in [3.8, 4) is 5.75 Å². The molecule has 2 rings (SSSR count). The molecule has 1 heterocycles. The standard InChI is InChI=1S/C14H18O2/c1-9-5-6-11(10(2)15)12-7-8-14(3,4)16-13(9)12/h5-8,10,15H,1-4H3/t10-/m0/s1. The summed E-state index contributed by atoms with van der Waals surface area (Å²) < 4.78 is 5.94. The van der Waals surface area contributed by atoms with Crippen molar-refractivity contribution in [1.82, 2.24) is 0 Å². The molecule has 0 radical (unpaired) electrons. The molecule has 0 aromatic heterocycles. The van der Waals surface area contributed by atoms with Gasteiger partial charge in [-0.05, 0) is 44.9 Å². The van der Waals surface area contributed by atoms with Gasteiger partial charge in [-0.2, -0.15) is 0 Å². The van der Waals surface area contributed by atoms with E-state index < -0.39 is 6.10 Å². The molecule has 1 aliphatic heterocycles. The van der Waals surface area contributed by atoms with E-state index in [1.165, 1.54) is 0 Å². The molecule has 0 amide bonds. The van der Waals surface area contributed by atoms with E-state index in [2.05, 4.69) is 0 Å². The van der Waals surface area contributed by atoms with Crippen molar-refractivity contribution in [3.05, 3.63) is 34.9 Å². The SMILES string of the molecule is Cc1ccc([C@H](C)O)c2c1OC(C)(C)C=C2. The largest absolute Gasteiger partial charge is 0.483 e. The summed E-state index contributed by atoms with van der Waals surface area (Å²) in [6, 6.07) is 3.96. The number of aliphatic hydroxyl groups excluding tert-OH is 1. The average molecular weight is 218 g/mol. The molecule has 0 unspecified atom stereocenters. The quantitative estimate of drug-likeness (QED) is 0.784. The number of rotatable bonds is 1. The number of aryl methyl sites for hydroxylation is 1. The Kier molecular flexibility index (Phi) is 2.55. The number of hydrogen-bond donors (Lipinski definition) is 1. The average Bonchev–Trinajstić information content (AvgIpc) is 2.18. The van der Waals surface area contributed by atoms with Crippen molar-refractivity contribution < 1.29 is 9.84 Å². The Morgan fingerprint density at radius 3 is 2.62 bits per heavy atom. The fourth-order valence-electron chi connectivity index (χ4n) is 1.98. The van der Waals surface area contributed by atoms with Crippen LogP contribution in [0.25, 0.3) is 6.08 Å². The fourth-order valence-corrected chi connectivity index (χ4v) is 1.98. The molecule has 1 aromatic carbocycles. The predicted molar refractivity (Wildman–Crippen MR) is 65.6 cm³/mol. The first kappa shape index (κ1) is 11.2. The smallest absolute Gasteiger partial charge is 0.131 e. The van der Waals surface area contributed by atoms with Gasteiger partial charge in [0.1, 0.15) is 11.4 Å². The van der Waals surface area contributed by atoms with E-state index in [1.54, 1.807) is 6.92 Å². The van der Waals surface area contributed by atoms with Crippen LogP contribution >= 0.6 is 0 Å². The van der Waals surface area contributed by atoms with Gasteiger partial charge in [-0.3, -0.25) is 0 Å². The van der Waals surface area contributed by atoms with Crippen LogP contribution in [0.5, 0.6) is 5.75 Å². The topological polar surface area (TPSA) is 29.5 Å². The van der Waals surface area contributed by atoms with E-state index in [-0.39, 0.29) is 5.60 Å². The molecule has 0 spiro atoms. The highest BCUT2D eigenvalue weighted by Gasteiger charge is 2.25. The summed E-state index contributed by atoms with van der Waals surface area (Å²) in [7, 11) is 0. The Bertz CT molecular complexity index is 442. The molecular formula is C14H18O2. The van der Waals surface area contributed by atoms with Gasteiger partial charge in [0.05, 0.1) is 6.10 Å². The van der Waals surface area contributed by atoms with Crippen LogP contribution in [-0.4, -0.2) is 10.7 Å². The number of ether oxygens (including phenoxy) is 1. The first-order valence-corrected chi connectivity index (χ1v) is 5.60. The van der Waals surface area contributed by atoms with Crippen molar-refractivity contribution in [1.29, 1.82) is 0 Å². The van der Waals surface area contributed by atoms with E-state index >= 15 is 0 Å². The molecule has 1 atom stereocenters. The molecule has 1 aliphatic rings. The van der Waals surface area contributed by atoms with Crippen molar-refractivity contribution >= 4 is 6.08 Å². The van der Waals surface area contributed by atoms with Gasteiger partial charge < -0.3 is 9.84 Å². The van der Waals surface area contributed by atoms with Crippen LogP contribution in [0, 0.1) is 6.92 Å². The first-order chi connectivity index (χ1) is 7.41. The lowest BCUT2D eigenvalue weighted by Gasteiger charge is -2.30. The minimum atomic E-state index is -0.469. The van der Waals surface area contributed by atoms with Crippen LogP contribution in [0.1, 0.15) is 43.6 Å². The van der Waals surface area contributed by atoms with E-state index in [9.17, 15) is 5.11 Å². The number of benzene rings is 1. The highest BCUT2D eigenvalue weighted by molar-refractivity contribution is 5.66. The Labute approximate surface area is 96.6 Å². The molecule has 0 saturated heterocycles. The van der Waals surface area contributed by atoms with Gasteiger partial charge in [-0.1, -0.05) is 18.2 Å². The maximum absolute atomic E-state index is 9.71. The molecule has 0 aliphatic carbocycles. The van der Waals surface area contributed by atoms with Crippen LogP contribution in [0.4, 0.5) is 0 Å². The van der Waals surface area contributed by atoms with Gasteiger partial charge in [0.25, 0.3) is 0 Å². The lowest BCUT2D eigenvalue weighted by Crippen LogP contribution is -2.28. The van der Waals surface area contributed by atoms with Crippen molar-refractivity contribution in [2.45, 2.75) is 39.4 Å². The summed E-state index contributed by atoms with van der Waals surface area (Å²) in [4.78, 5) is 0. The maximum Gasteiger partial charge on any atom is 0.131 e. The summed E-state index contributed by atoms with van der Waals surface area (Å²) in [6.07, 6.45) is 3.61. The number of fused-ring (bicyclic) bond motifs is 1. The summed E-state index contributed by atoms with van der Waals surface area (Å²) in [6.45, 7) is 7.86. The molecule has 0 saturated carbocycles. The second kappa shape index (κ2) is 3.63. The Balaban J connectivity index is 2.60. The summed E-state index contributed by atoms with van der Waals surface area (Å²) in [5.41, 5.74) is 2.77. The van der Waals surface area contributed by atoms with Gasteiger partial charge in [-0.15, -0.1) is 0 Å². The first-order valence-electron chi connectivity index (χ1n) is 5.60.